The van der Waals surface area contributed by atoms with Crippen molar-refractivity contribution < 1.29 is 4.79 Å². The van der Waals surface area contributed by atoms with Crippen LogP contribution in [0.2, 0.25) is 0 Å². The van der Waals surface area contributed by atoms with E-state index in [0.29, 0.717) is 25.3 Å². The number of imidazole rings is 1. The molecule has 1 aromatic heterocycles. The van der Waals surface area contributed by atoms with Crippen LogP contribution in [0.5, 0.6) is 0 Å². The minimum atomic E-state index is -0.00438. The molecule has 0 spiro atoms. The Balaban J connectivity index is 1.75. The second kappa shape index (κ2) is 5.46. The van der Waals surface area contributed by atoms with Gasteiger partial charge >= 0.3 is 0 Å². The highest BCUT2D eigenvalue weighted by Crippen LogP contribution is 2.19. The average molecular weight is 270 g/mol. The van der Waals surface area contributed by atoms with E-state index >= 15 is 0 Å². The summed E-state index contributed by atoms with van der Waals surface area (Å²) in [6.07, 6.45) is 4.35. The number of fused-ring (bicyclic) bond motifs is 1. The Kier molecular flexibility index (Phi) is 3.52. The monoisotopic (exact) mass is 270 g/mol. The number of hydrogen-bond acceptors (Lipinski definition) is 3. The average Bonchev–Trinajstić information content (AvgIpc) is 2.95. The maximum absolute atomic E-state index is 12.4. The fourth-order valence-corrected chi connectivity index (χ4v) is 2.57. The second-order valence-corrected chi connectivity index (χ2v) is 5.03. The first-order valence-corrected chi connectivity index (χ1v) is 6.86. The van der Waals surface area contributed by atoms with Gasteiger partial charge in [-0.1, -0.05) is 24.3 Å². The van der Waals surface area contributed by atoms with Gasteiger partial charge in [0.15, 0.2) is 0 Å². The van der Waals surface area contributed by atoms with Gasteiger partial charge in [0.1, 0.15) is 5.69 Å². The van der Waals surface area contributed by atoms with Crippen molar-refractivity contribution in [1.82, 2.24) is 14.5 Å². The van der Waals surface area contributed by atoms with E-state index in [4.69, 9.17) is 5.73 Å². The van der Waals surface area contributed by atoms with Crippen LogP contribution in [0, 0.1) is 0 Å². The molecule has 2 aromatic rings. The molecule has 0 saturated carbocycles. The summed E-state index contributed by atoms with van der Waals surface area (Å²) in [5.41, 5.74) is 8.56. The Bertz CT molecular complexity index is 620. The van der Waals surface area contributed by atoms with Crippen molar-refractivity contribution >= 4 is 5.91 Å². The van der Waals surface area contributed by atoms with Crippen LogP contribution in [0.1, 0.15) is 21.6 Å². The highest BCUT2D eigenvalue weighted by atomic mass is 16.2. The van der Waals surface area contributed by atoms with Gasteiger partial charge < -0.3 is 15.2 Å². The van der Waals surface area contributed by atoms with E-state index in [1.165, 1.54) is 11.1 Å². The van der Waals surface area contributed by atoms with Crippen LogP contribution >= 0.6 is 0 Å². The molecule has 0 atom stereocenters. The molecule has 2 N–H and O–H groups in total. The van der Waals surface area contributed by atoms with Crippen LogP contribution in [-0.2, 0) is 19.5 Å². The highest BCUT2D eigenvalue weighted by molar-refractivity contribution is 5.92. The van der Waals surface area contributed by atoms with Crippen molar-refractivity contribution in [1.29, 1.82) is 0 Å². The van der Waals surface area contributed by atoms with Crippen LogP contribution in [-0.4, -0.2) is 33.4 Å². The van der Waals surface area contributed by atoms with Gasteiger partial charge in [-0.25, -0.2) is 4.98 Å². The smallest absolute Gasteiger partial charge is 0.274 e. The van der Waals surface area contributed by atoms with Gasteiger partial charge in [0, 0.05) is 32.4 Å². The molecule has 0 unspecified atom stereocenters. The van der Waals surface area contributed by atoms with Crippen molar-refractivity contribution in [2.75, 3.05) is 13.1 Å². The molecular weight excluding hydrogens is 252 g/mol. The van der Waals surface area contributed by atoms with E-state index in [2.05, 4.69) is 17.1 Å². The molecule has 0 saturated heterocycles. The largest absolute Gasteiger partial charge is 0.335 e. The molecule has 20 heavy (non-hydrogen) atoms. The molecular formula is C15H18N4O. The summed E-state index contributed by atoms with van der Waals surface area (Å²) < 4.78 is 1.85. The Morgan fingerprint density at radius 2 is 2.10 bits per heavy atom. The third-order valence-electron chi connectivity index (χ3n) is 3.66. The molecule has 104 valence electrons. The third kappa shape index (κ3) is 2.44. The molecule has 0 fully saturated rings. The molecule has 0 radical (unpaired) electrons. The molecule has 5 heteroatoms. The molecule has 1 aliphatic heterocycles. The number of hydrogen-bond donors (Lipinski definition) is 1. The lowest BCUT2D eigenvalue weighted by Gasteiger charge is -2.28. The first-order chi connectivity index (χ1) is 9.78. The molecule has 1 amide bonds. The minimum Gasteiger partial charge on any atom is -0.335 e. The molecule has 1 aromatic carbocycles. The van der Waals surface area contributed by atoms with E-state index in [1.54, 1.807) is 12.5 Å². The lowest BCUT2D eigenvalue weighted by molar-refractivity contribution is 0.0729. The SMILES string of the molecule is NCCn1cnc(C(=O)N2CCc3ccccc3C2)c1. The van der Waals surface area contributed by atoms with Crippen molar-refractivity contribution in [3.63, 3.8) is 0 Å². The number of nitrogens with zero attached hydrogens (tertiary/aromatic N) is 3. The molecule has 5 nitrogen and oxygen atoms in total. The summed E-state index contributed by atoms with van der Waals surface area (Å²) in [4.78, 5) is 18.5. The Hall–Kier alpha value is -2.14. The Morgan fingerprint density at radius 1 is 1.30 bits per heavy atom. The number of rotatable bonds is 3. The molecule has 0 bridgehead atoms. The van der Waals surface area contributed by atoms with Gasteiger partial charge in [-0.15, -0.1) is 0 Å². The topological polar surface area (TPSA) is 64.2 Å². The zero-order chi connectivity index (χ0) is 13.9. The van der Waals surface area contributed by atoms with E-state index < -0.39 is 0 Å². The fraction of sp³-hybridized carbons (Fsp3) is 0.333. The highest BCUT2D eigenvalue weighted by Gasteiger charge is 2.22. The minimum absolute atomic E-state index is 0.00438. The van der Waals surface area contributed by atoms with Gasteiger partial charge in [-0.3, -0.25) is 4.79 Å². The standard InChI is InChI=1S/C15H18N4O/c16-6-8-18-10-14(17-11-18)15(20)19-7-5-12-3-1-2-4-13(12)9-19/h1-4,10-11H,5-9,16H2. The van der Waals surface area contributed by atoms with E-state index in [0.717, 1.165) is 13.0 Å². The van der Waals surface area contributed by atoms with E-state index in [1.807, 2.05) is 21.6 Å². The van der Waals surface area contributed by atoms with Gasteiger partial charge in [-0.05, 0) is 17.5 Å². The predicted octanol–water partition coefficient (Wildman–Crippen LogP) is 1.04. The molecule has 3 rings (SSSR count). The number of amides is 1. The zero-order valence-corrected chi connectivity index (χ0v) is 11.3. The fourth-order valence-electron chi connectivity index (χ4n) is 2.57. The van der Waals surface area contributed by atoms with E-state index in [9.17, 15) is 4.79 Å². The van der Waals surface area contributed by atoms with Crippen molar-refractivity contribution in [3.05, 3.63) is 53.6 Å². The van der Waals surface area contributed by atoms with Gasteiger partial charge in [0.2, 0.25) is 0 Å². The summed E-state index contributed by atoms with van der Waals surface area (Å²) in [5, 5.41) is 0. The van der Waals surface area contributed by atoms with E-state index in [-0.39, 0.29) is 5.91 Å². The predicted molar refractivity (Wildman–Crippen MR) is 76.2 cm³/mol. The molecule has 1 aliphatic rings. The molecule has 0 aliphatic carbocycles. The number of nitrogens with two attached hydrogens (primary N) is 1. The maximum Gasteiger partial charge on any atom is 0.274 e. The number of carbonyl (C=O) groups is 1. The number of benzene rings is 1. The Morgan fingerprint density at radius 3 is 2.90 bits per heavy atom. The number of aromatic nitrogens is 2. The van der Waals surface area contributed by atoms with Crippen molar-refractivity contribution in [2.24, 2.45) is 5.73 Å². The summed E-state index contributed by atoms with van der Waals surface area (Å²) in [6, 6.07) is 8.28. The lowest BCUT2D eigenvalue weighted by Crippen LogP contribution is -2.36. The van der Waals surface area contributed by atoms with Crippen LogP contribution in [0.25, 0.3) is 0 Å². The van der Waals surface area contributed by atoms with Crippen LogP contribution < -0.4 is 5.73 Å². The van der Waals surface area contributed by atoms with Crippen molar-refractivity contribution in [3.8, 4) is 0 Å². The second-order valence-electron chi connectivity index (χ2n) is 5.03. The van der Waals surface area contributed by atoms with Gasteiger partial charge in [0.25, 0.3) is 5.91 Å². The summed E-state index contributed by atoms with van der Waals surface area (Å²) in [6.45, 7) is 2.64. The first kappa shape index (κ1) is 12.9. The van der Waals surface area contributed by atoms with Crippen molar-refractivity contribution in [2.45, 2.75) is 19.5 Å². The van der Waals surface area contributed by atoms with Crippen LogP contribution in [0.4, 0.5) is 0 Å². The van der Waals surface area contributed by atoms with Gasteiger partial charge in [-0.2, -0.15) is 0 Å². The van der Waals surface area contributed by atoms with Gasteiger partial charge in [0.05, 0.1) is 6.33 Å². The maximum atomic E-state index is 12.4. The van der Waals surface area contributed by atoms with Crippen LogP contribution in [0.15, 0.2) is 36.8 Å². The van der Waals surface area contributed by atoms with Crippen LogP contribution in [0.3, 0.4) is 0 Å². The lowest BCUT2D eigenvalue weighted by atomic mass is 10.00. The zero-order valence-electron chi connectivity index (χ0n) is 11.3. The number of carbonyl (C=O) groups excluding carboxylic acids is 1. The normalized spacial score (nSPS) is 14.2. The molecule has 2 heterocycles. The Labute approximate surface area is 118 Å². The third-order valence-corrected chi connectivity index (χ3v) is 3.66. The summed E-state index contributed by atoms with van der Waals surface area (Å²) in [5.74, 6) is -0.00438. The summed E-state index contributed by atoms with van der Waals surface area (Å²) in [7, 11) is 0. The quantitative estimate of drug-likeness (QED) is 0.906. The first-order valence-electron chi connectivity index (χ1n) is 6.86. The summed E-state index contributed by atoms with van der Waals surface area (Å²) >= 11 is 0.